The van der Waals surface area contributed by atoms with Crippen molar-refractivity contribution in [2.24, 2.45) is 0 Å². The summed E-state index contributed by atoms with van der Waals surface area (Å²) in [5, 5.41) is 0. The van der Waals surface area contributed by atoms with Gasteiger partial charge in [-0.15, -0.1) is 0 Å². The first kappa shape index (κ1) is 22.0. The summed E-state index contributed by atoms with van der Waals surface area (Å²) in [4.78, 5) is 24.5. The van der Waals surface area contributed by atoms with E-state index >= 15 is 0 Å². The summed E-state index contributed by atoms with van der Waals surface area (Å²) in [5.74, 6) is -0.246. The van der Waals surface area contributed by atoms with Crippen LogP contribution in [-0.2, 0) is 4.74 Å². The fourth-order valence-corrected chi connectivity index (χ4v) is 3.04. The molecule has 0 aromatic heterocycles. The highest BCUT2D eigenvalue weighted by Gasteiger charge is 2.17. The normalized spacial score (nSPS) is 10.4. The van der Waals surface area contributed by atoms with Gasteiger partial charge in [0.2, 0.25) is 0 Å². The molecule has 28 heavy (non-hydrogen) atoms. The Bertz CT molecular complexity index is 803. The van der Waals surface area contributed by atoms with Crippen LogP contribution < -0.4 is 9.47 Å². The van der Waals surface area contributed by atoms with Crippen molar-refractivity contribution in [3.63, 3.8) is 0 Å². The van der Waals surface area contributed by atoms with E-state index in [0.29, 0.717) is 22.4 Å². The zero-order valence-electron chi connectivity index (χ0n) is 16.2. The van der Waals surface area contributed by atoms with Crippen LogP contribution in [-0.4, -0.2) is 25.2 Å². The fraction of sp³-hybridized carbons (Fsp3) is 0.364. The second kappa shape index (κ2) is 11.5. The van der Waals surface area contributed by atoms with E-state index in [1.165, 1.54) is 12.8 Å². The van der Waals surface area contributed by atoms with Crippen LogP contribution >= 0.6 is 15.9 Å². The van der Waals surface area contributed by atoms with Crippen molar-refractivity contribution in [2.75, 3.05) is 13.2 Å². The van der Waals surface area contributed by atoms with Crippen molar-refractivity contribution in [3.05, 3.63) is 58.1 Å². The molecular weight excluding hydrogens is 424 g/mol. The van der Waals surface area contributed by atoms with Gasteiger partial charge in [0.15, 0.2) is 0 Å². The molecule has 2 aromatic rings. The molecule has 2 rings (SSSR count). The third kappa shape index (κ3) is 6.37. The average molecular weight is 449 g/mol. The number of halogens is 1. The summed E-state index contributed by atoms with van der Waals surface area (Å²) in [7, 11) is 0. The molecule has 6 heteroatoms. The Kier molecular flexibility index (Phi) is 9.01. The van der Waals surface area contributed by atoms with Gasteiger partial charge < -0.3 is 14.2 Å². The minimum absolute atomic E-state index is 0.165. The Balaban J connectivity index is 2.03. The van der Waals surface area contributed by atoms with Gasteiger partial charge in [0, 0.05) is 0 Å². The number of benzene rings is 2. The van der Waals surface area contributed by atoms with Crippen LogP contribution in [0.3, 0.4) is 0 Å². The number of carbonyl (C=O) groups is 2. The van der Waals surface area contributed by atoms with Crippen LogP contribution in [0.1, 0.15) is 60.2 Å². The number of esters is 2. The molecule has 0 N–H and O–H groups in total. The molecule has 0 aliphatic heterocycles. The number of rotatable bonds is 10. The number of ether oxygens (including phenoxy) is 3. The van der Waals surface area contributed by atoms with Crippen molar-refractivity contribution < 1.29 is 23.8 Å². The average Bonchev–Trinajstić information content (AvgIpc) is 2.69. The van der Waals surface area contributed by atoms with Crippen LogP contribution in [0.2, 0.25) is 0 Å². The van der Waals surface area contributed by atoms with Crippen LogP contribution in [0.4, 0.5) is 0 Å². The molecule has 0 radical (unpaired) electrons. The molecule has 0 fully saturated rings. The van der Waals surface area contributed by atoms with Gasteiger partial charge in [-0.2, -0.15) is 0 Å². The SMILES string of the molecule is CCCCCCOc1ccc(C(=O)Oc2ccccc2C(=O)OCC)cc1Br. The van der Waals surface area contributed by atoms with Crippen molar-refractivity contribution in [3.8, 4) is 11.5 Å². The van der Waals surface area contributed by atoms with E-state index < -0.39 is 11.9 Å². The van der Waals surface area contributed by atoms with Crippen molar-refractivity contribution in [2.45, 2.75) is 39.5 Å². The number of carbonyl (C=O) groups excluding carboxylic acids is 2. The zero-order valence-corrected chi connectivity index (χ0v) is 17.8. The van der Waals surface area contributed by atoms with Crippen LogP contribution in [0.25, 0.3) is 0 Å². The van der Waals surface area contributed by atoms with Crippen molar-refractivity contribution in [1.82, 2.24) is 0 Å². The zero-order chi connectivity index (χ0) is 20.4. The highest BCUT2D eigenvalue weighted by molar-refractivity contribution is 9.10. The Hall–Kier alpha value is -2.34. The van der Waals surface area contributed by atoms with Gasteiger partial charge in [0.1, 0.15) is 17.1 Å². The summed E-state index contributed by atoms with van der Waals surface area (Å²) >= 11 is 3.44. The van der Waals surface area contributed by atoms with Gasteiger partial charge in [0.25, 0.3) is 0 Å². The molecule has 0 saturated heterocycles. The largest absolute Gasteiger partial charge is 0.492 e. The Morgan fingerprint density at radius 3 is 2.43 bits per heavy atom. The minimum atomic E-state index is -0.563. The maximum Gasteiger partial charge on any atom is 0.343 e. The van der Waals surface area contributed by atoms with E-state index in [2.05, 4.69) is 22.9 Å². The third-order valence-electron chi connectivity index (χ3n) is 4.01. The molecule has 0 spiro atoms. The smallest absolute Gasteiger partial charge is 0.343 e. The van der Waals surface area contributed by atoms with E-state index in [1.54, 1.807) is 49.4 Å². The van der Waals surface area contributed by atoms with Gasteiger partial charge in [0.05, 0.1) is 23.2 Å². The molecule has 150 valence electrons. The first-order valence-corrected chi connectivity index (χ1v) is 10.3. The molecule has 0 amide bonds. The molecule has 2 aromatic carbocycles. The van der Waals surface area contributed by atoms with E-state index in [1.807, 2.05) is 0 Å². The monoisotopic (exact) mass is 448 g/mol. The van der Waals surface area contributed by atoms with E-state index in [0.717, 1.165) is 12.8 Å². The lowest BCUT2D eigenvalue weighted by Crippen LogP contribution is -2.13. The van der Waals surface area contributed by atoms with Crippen molar-refractivity contribution >= 4 is 27.9 Å². The standard InChI is InChI=1S/C22H25BrO5/c1-3-5-6-9-14-27-20-13-12-16(15-18(20)23)21(24)28-19-11-8-7-10-17(19)22(25)26-4-2/h7-8,10-13,15H,3-6,9,14H2,1-2H3. The molecule has 0 bridgehead atoms. The highest BCUT2D eigenvalue weighted by atomic mass is 79.9. The minimum Gasteiger partial charge on any atom is -0.492 e. The predicted molar refractivity (Wildman–Crippen MR) is 111 cm³/mol. The van der Waals surface area contributed by atoms with Gasteiger partial charge in [-0.3, -0.25) is 0 Å². The molecule has 0 unspecified atom stereocenters. The summed E-state index contributed by atoms with van der Waals surface area (Å²) in [6.45, 7) is 4.77. The predicted octanol–water partition coefficient (Wildman–Crippen LogP) is 5.80. The molecular formula is C22H25BrO5. The second-order valence-corrected chi connectivity index (χ2v) is 7.01. The molecule has 0 aliphatic carbocycles. The molecule has 0 aliphatic rings. The Labute approximate surface area is 174 Å². The molecule has 5 nitrogen and oxygen atoms in total. The summed E-state index contributed by atoms with van der Waals surface area (Å²) in [5.41, 5.74) is 0.563. The number of hydrogen-bond acceptors (Lipinski definition) is 5. The Morgan fingerprint density at radius 1 is 0.929 bits per heavy atom. The lowest BCUT2D eigenvalue weighted by atomic mass is 10.2. The number of unbranched alkanes of at least 4 members (excludes halogenated alkanes) is 3. The molecule has 0 atom stereocenters. The van der Waals surface area contributed by atoms with Gasteiger partial charge in [-0.1, -0.05) is 38.3 Å². The summed E-state index contributed by atoms with van der Waals surface area (Å²) in [6, 6.07) is 11.5. The van der Waals surface area contributed by atoms with Gasteiger partial charge >= 0.3 is 11.9 Å². The van der Waals surface area contributed by atoms with Crippen molar-refractivity contribution in [1.29, 1.82) is 0 Å². The molecule has 0 saturated carbocycles. The quantitative estimate of drug-likeness (QED) is 0.261. The third-order valence-corrected chi connectivity index (χ3v) is 4.63. The van der Waals surface area contributed by atoms with Crippen LogP contribution in [0.5, 0.6) is 11.5 Å². The van der Waals surface area contributed by atoms with Gasteiger partial charge in [-0.25, -0.2) is 9.59 Å². The maximum atomic E-state index is 12.5. The van der Waals surface area contributed by atoms with E-state index in [-0.39, 0.29) is 17.9 Å². The summed E-state index contributed by atoms with van der Waals surface area (Å²) in [6.07, 6.45) is 4.51. The first-order valence-electron chi connectivity index (χ1n) is 9.47. The lowest BCUT2D eigenvalue weighted by Gasteiger charge is -2.11. The van der Waals surface area contributed by atoms with E-state index in [9.17, 15) is 9.59 Å². The highest BCUT2D eigenvalue weighted by Crippen LogP contribution is 2.27. The number of hydrogen-bond donors (Lipinski definition) is 0. The van der Waals surface area contributed by atoms with E-state index in [4.69, 9.17) is 14.2 Å². The first-order chi connectivity index (χ1) is 13.6. The topological polar surface area (TPSA) is 61.8 Å². The Morgan fingerprint density at radius 2 is 1.71 bits per heavy atom. The summed E-state index contributed by atoms with van der Waals surface area (Å²) < 4.78 is 16.8. The molecule has 0 heterocycles. The fourth-order valence-electron chi connectivity index (χ4n) is 2.55. The lowest BCUT2D eigenvalue weighted by molar-refractivity contribution is 0.0520. The van der Waals surface area contributed by atoms with Crippen LogP contribution in [0.15, 0.2) is 46.9 Å². The number of para-hydroxylation sites is 1. The van der Waals surface area contributed by atoms with Gasteiger partial charge in [-0.05, 0) is 59.6 Å². The second-order valence-electron chi connectivity index (χ2n) is 6.16. The maximum absolute atomic E-state index is 12.5. The van der Waals surface area contributed by atoms with Crippen LogP contribution in [0, 0.1) is 0 Å².